The van der Waals surface area contributed by atoms with Crippen molar-refractivity contribution in [1.82, 2.24) is 0 Å². The molecule has 0 saturated carbocycles. The van der Waals surface area contributed by atoms with E-state index in [2.05, 4.69) is 0 Å². The van der Waals surface area contributed by atoms with Gasteiger partial charge in [-0.15, -0.1) is 0 Å². The number of rotatable bonds is 5. The molecule has 1 atom stereocenters. The Balaban J connectivity index is 2.67. The third kappa shape index (κ3) is 3.36. The topological polar surface area (TPSA) is 35.5 Å². The Hall–Kier alpha value is -1.35. The van der Waals surface area contributed by atoms with Crippen LogP contribution in [0.2, 0.25) is 0 Å². The van der Waals surface area contributed by atoms with Crippen molar-refractivity contribution in [3.05, 3.63) is 29.8 Å². The van der Waals surface area contributed by atoms with Gasteiger partial charge in [0, 0.05) is 13.0 Å². The van der Waals surface area contributed by atoms with Gasteiger partial charge in [-0.2, -0.15) is 0 Å². The number of benzene rings is 1. The van der Waals surface area contributed by atoms with Crippen molar-refractivity contribution in [2.75, 3.05) is 13.9 Å². The molecule has 3 nitrogen and oxygen atoms in total. The number of hydrogen-bond donors (Lipinski definition) is 0. The van der Waals surface area contributed by atoms with E-state index < -0.39 is 0 Å². The molecular formula is C12H16O3. The molecule has 0 heterocycles. The van der Waals surface area contributed by atoms with Crippen molar-refractivity contribution in [3.63, 3.8) is 0 Å². The smallest absolute Gasteiger partial charge is 0.188 e. The number of ketones is 1. The maximum atomic E-state index is 11.1. The number of Topliss-reactive ketones (excluding diaryl/α,β-unsaturated/α-hetero) is 1. The third-order valence-electron chi connectivity index (χ3n) is 2.33. The van der Waals surface area contributed by atoms with E-state index in [4.69, 9.17) is 9.47 Å². The van der Waals surface area contributed by atoms with Gasteiger partial charge < -0.3 is 9.47 Å². The van der Waals surface area contributed by atoms with Gasteiger partial charge in [-0.25, -0.2) is 0 Å². The second-order valence-corrected chi connectivity index (χ2v) is 3.45. The minimum atomic E-state index is -0.0542. The number of hydrogen-bond acceptors (Lipinski definition) is 3. The number of carbonyl (C=O) groups excluding carboxylic acids is 1. The first-order valence-corrected chi connectivity index (χ1v) is 4.87. The average molecular weight is 208 g/mol. The molecule has 0 bridgehead atoms. The van der Waals surface area contributed by atoms with E-state index in [1.807, 2.05) is 31.2 Å². The van der Waals surface area contributed by atoms with Crippen LogP contribution in [0, 0.1) is 0 Å². The lowest BCUT2D eigenvalue weighted by atomic mass is 9.98. The lowest BCUT2D eigenvalue weighted by Crippen LogP contribution is -2.04. The second-order valence-electron chi connectivity index (χ2n) is 3.45. The van der Waals surface area contributed by atoms with Gasteiger partial charge in [0.05, 0.1) is 0 Å². The van der Waals surface area contributed by atoms with Crippen molar-refractivity contribution < 1.29 is 14.3 Å². The molecule has 0 aliphatic rings. The molecule has 82 valence electrons. The molecule has 1 unspecified atom stereocenters. The monoisotopic (exact) mass is 208 g/mol. The van der Waals surface area contributed by atoms with Crippen LogP contribution in [0.4, 0.5) is 0 Å². The fraction of sp³-hybridized carbons (Fsp3) is 0.417. The molecule has 0 aromatic heterocycles. The minimum Gasteiger partial charge on any atom is -0.468 e. The van der Waals surface area contributed by atoms with E-state index in [1.54, 1.807) is 14.0 Å². The first kappa shape index (κ1) is 11.7. The summed E-state index contributed by atoms with van der Waals surface area (Å²) in [7, 11) is 1.58. The molecule has 0 N–H and O–H groups in total. The van der Waals surface area contributed by atoms with Crippen LogP contribution in [0.15, 0.2) is 24.3 Å². The van der Waals surface area contributed by atoms with Crippen LogP contribution in [-0.2, 0) is 9.53 Å². The quantitative estimate of drug-likeness (QED) is 0.697. The SMILES string of the molecule is COCOc1ccc(C(C)C(C)=O)cc1. The van der Waals surface area contributed by atoms with Crippen LogP contribution in [0.1, 0.15) is 25.3 Å². The van der Waals surface area contributed by atoms with Crippen LogP contribution in [0.3, 0.4) is 0 Å². The summed E-state index contributed by atoms with van der Waals surface area (Å²) in [5.74, 6) is 0.860. The first-order valence-electron chi connectivity index (χ1n) is 4.87. The Morgan fingerprint density at radius 2 is 1.93 bits per heavy atom. The highest BCUT2D eigenvalue weighted by atomic mass is 16.7. The third-order valence-corrected chi connectivity index (χ3v) is 2.33. The first-order chi connectivity index (χ1) is 7.15. The van der Waals surface area contributed by atoms with Crippen molar-refractivity contribution in [3.8, 4) is 5.75 Å². The number of methoxy groups -OCH3 is 1. The normalized spacial score (nSPS) is 12.2. The standard InChI is InChI=1S/C12H16O3/c1-9(10(2)13)11-4-6-12(7-5-11)15-8-14-3/h4-7,9H,8H2,1-3H3. The highest BCUT2D eigenvalue weighted by Gasteiger charge is 2.09. The highest BCUT2D eigenvalue weighted by Crippen LogP contribution is 2.19. The predicted octanol–water partition coefficient (Wildman–Crippen LogP) is 2.36. The molecule has 0 radical (unpaired) electrons. The minimum absolute atomic E-state index is 0.0542. The molecule has 0 aliphatic heterocycles. The van der Waals surface area contributed by atoms with Gasteiger partial charge in [-0.1, -0.05) is 19.1 Å². The summed E-state index contributed by atoms with van der Waals surface area (Å²) in [6.07, 6.45) is 0. The summed E-state index contributed by atoms with van der Waals surface area (Å²) in [5, 5.41) is 0. The molecule has 0 amide bonds. The van der Waals surface area contributed by atoms with E-state index in [1.165, 1.54) is 0 Å². The fourth-order valence-electron chi connectivity index (χ4n) is 1.21. The summed E-state index contributed by atoms with van der Waals surface area (Å²) < 4.78 is 10.0. The predicted molar refractivity (Wildman–Crippen MR) is 58.0 cm³/mol. The van der Waals surface area contributed by atoms with Gasteiger partial charge in [-0.3, -0.25) is 4.79 Å². The molecule has 3 heteroatoms. The van der Waals surface area contributed by atoms with Crippen molar-refractivity contribution >= 4 is 5.78 Å². The lowest BCUT2D eigenvalue weighted by molar-refractivity contribution is -0.118. The Morgan fingerprint density at radius 3 is 2.40 bits per heavy atom. The maximum Gasteiger partial charge on any atom is 0.188 e. The summed E-state index contributed by atoms with van der Waals surface area (Å²) >= 11 is 0. The van der Waals surface area contributed by atoms with E-state index >= 15 is 0 Å². The zero-order valence-electron chi connectivity index (χ0n) is 9.32. The molecule has 1 rings (SSSR count). The molecular weight excluding hydrogens is 192 g/mol. The largest absolute Gasteiger partial charge is 0.468 e. The van der Waals surface area contributed by atoms with Gasteiger partial charge in [0.2, 0.25) is 0 Å². The summed E-state index contributed by atoms with van der Waals surface area (Å²) in [5.41, 5.74) is 1.01. The summed E-state index contributed by atoms with van der Waals surface area (Å²) in [6, 6.07) is 7.48. The van der Waals surface area contributed by atoms with Gasteiger partial charge >= 0.3 is 0 Å². The van der Waals surface area contributed by atoms with Gasteiger partial charge in [0.25, 0.3) is 0 Å². The van der Waals surface area contributed by atoms with E-state index in [9.17, 15) is 4.79 Å². The van der Waals surface area contributed by atoms with E-state index in [-0.39, 0.29) is 18.5 Å². The van der Waals surface area contributed by atoms with Crippen molar-refractivity contribution in [1.29, 1.82) is 0 Å². The average Bonchev–Trinajstić information content (AvgIpc) is 2.26. The van der Waals surface area contributed by atoms with Gasteiger partial charge in [-0.05, 0) is 24.6 Å². The molecule has 0 saturated heterocycles. The molecule has 1 aromatic rings. The van der Waals surface area contributed by atoms with Crippen LogP contribution < -0.4 is 4.74 Å². The summed E-state index contributed by atoms with van der Waals surface area (Å²) in [6.45, 7) is 3.73. The summed E-state index contributed by atoms with van der Waals surface area (Å²) in [4.78, 5) is 11.1. The Morgan fingerprint density at radius 1 is 1.33 bits per heavy atom. The molecule has 0 fully saturated rings. The molecule has 0 spiro atoms. The zero-order chi connectivity index (χ0) is 11.3. The Kier molecular flexibility index (Phi) is 4.31. The van der Waals surface area contributed by atoms with Crippen LogP contribution >= 0.6 is 0 Å². The van der Waals surface area contributed by atoms with E-state index in [0.29, 0.717) is 0 Å². The second kappa shape index (κ2) is 5.51. The molecule has 1 aromatic carbocycles. The van der Waals surface area contributed by atoms with Crippen LogP contribution in [0.25, 0.3) is 0 Å². The van der Waals surface area contributed by atoms with Gasteiger partial charge in [0.15, 0.2) is 6.79 Å². The van der Waals surface area contributed by atoms with Crippen LogP contribution in [-0.4, -0.2) is 19.7 Å². The zero-order valence-corrected chi connectivity index (χ0v) is 9.32. The van der Waals surface area contributed by atoms with E-state index in [0.717, 1.165) is 11.3 Å². The van der Waals surface area contributed by atoms with Crippen molar-refractivity contribution in [2.24, 2.45) is 0 Å². The van der Waals surface area contributed by atoms with Gasteiger partial charge in [0.1, 0.15) is 11.5 Å². The number of ether oxygens (including phenoxy) is 2. The Labute approximate surface area is 90.0 Å². The fourth-order valence-corrected chi connectivity index (χ4v) is 1.21. The molecule has 15 heavy (non-hydrogen) atoms. The maximum absolute atomic E-state index is 11.1. The van der Waals surface area contributed by atoms with Crippen LogP contribution in [0.5, 0.6) is 5.75 Å². The van der Waals surface area contributed by atoms with Crippen molar-refractivity contribution in [2.45, 2.75) is 19.8 Å². The highest BCUT2D eigenvalue weighted by molar-refractivity contribution is 5.82. The lowest BCUT2D eigenvalue weighted by Gasteiger charge is -2.09. The number of carbonyl (C=O) groups is 1. The Bertz CT molecular complexity index is 316. The molecule has 0 aliphatic carbocycles.